The molecule has 0 bridgehead atoms. The van der Waals surface area contributed by atoms with Crippen molar-refractivity contribution >= 4 is 11.9 Å². The van der Waals surface area contributed by atoms with Crippen molar-refractivity contribution in [1.29, 1.82) is 0 Å². The Morgan fingerprint density at radius 3 is 2.48 bits per heavy atom. The first-order valence-corrected chi connectivity index (χ1v) is 6.88. The van der Waals surface area contributed by atoms with Crippen LogP contribution < -0.4 is 10.1 Å². The summed E-state index contributed by atoms with van der Waals surface area (Å²) in [7, 11) is 0. The maximum absolute atomic E-state index is 11.7. The zero-order valence-corrected chi connectivity index (χ0v) is 13.2. The van der Waals surface area contributed by atoms with Gasteiger partial charge < -0.3 is 15.2 Å². The lowest BCUT2D eigenvalue weighted by atomic mass is 9.85. The molecule has 1 atom stereocenters. The molecule has 0 aliphatic heterocycles. The summed E-state index contributed by atoms with van der Waals surface area (Å²) in [4.78, 5) is 22.4. The third-order valence-corrected chi connectivity index (χ3v) is 3.12. The fraction of sp³-hybridized carbons (Fsp3) is 0.500. The number of aryl methyl sites for hydroxylation is 1. The summed E-state index contributed by atoms with van der Waals surface area (Å²) in [6, 6.07) is 4.91. The van der Waals surface area contributed by atoms with E-state index in [0.717, 1.165) is 11.1 Å². The third-order valence-electron chi connectivity index (χ3n) is 3.12. The molecule has 21 heavy (non-hydrogen) atoms. The Hall–Kier alpha value is -2.04. The molecule has 0 spiro atoms. The van der Waals surface area contributed by atoms with E-state index in [1.165, 1.54) is 6.92 Å². The van der Waals surface area contributed by atoms with Crippen molar-refractivity contribution in [2.75, 3.05) is 6.61 Å². The second kappa shape index (κ2) is 6.61. The lowest BCUT2D eigenvalue weighted by Crippen LogP contribution is -2.40. The highest BCUT2D eigenvalue weighted by Gasteiger charge is 2.21. The van der Waals surface area contributed by atoms with Gasteiger partial charge in [0.05, 0.1) is 0 Å². The fourth-order valence-electron chi connectivity index (χ4n) is 1.92. The number of carboxylic acid groups (broad SMARTS) is 1. The number of carboxylic acids is 1. The Kier molecular flexibility index (Phi) is 5.35. The van der Waals surface area contributed by atoms with E-state index in [1.807, 2.05) is 25.1 Å². The van der Waals surface area contributed by atoms with Gasteiger partial charge in [-0.25, -0.2) is 0 Å². The maximum Gasteiger partial charge on any atom is 0.325 e. The van der Waals surface area contributed by atoms with Crippen molar-refractivity contribution in [3.8, 4) is 5.75 Å². The lowest BCUT2D eigenvalue weighted by molar-refractivity contribution is -0.141. The molecule has 116 valence electrons. The number of hydrogen-bond acceptors (Lipinski definition) is 3. The Labute approximate surface area is 125 Å². The average molecular weight is 293 g/mol. The predicted molar refractivity (Wildman–Crippen MR) is 80.6 cm³/mol. The highest BCUT2D eigenvalue weighted by molar-refractivity contribution is 5.84. The summed E-state index contributed by atoms with van der Waals surface area (Å²) in [5, 5.41) is 11.1. The highest BCUT2D eigenvalue weighted by Crippen LogP contribution is 2.33. The lowest BCUT2D eigenvalue weighted by Gasteiger charge is -2.24. The summed E-state index contributed by atoms with van der Waals surface area (Å²) in [5.74, 6) is -0.842. The van der Waals surface area contributed by atoms with E-state index in [4.69, 9.17) is 9.84 Å². The van der Waals surface area contributed by atoms with Crippen LogP contribution in [0.15, 0.2) is 18.2 Å². The Morgan fingerprint density at radius 1 is 1.33 bits per heavy atom. The minimum Gasteiger partial charge on any atom is -0.483 e. The highest BCUT2D eigenvalue weighted by atomic mass is 16.5. The van der Waals surface area contributed by atoms with Gasteiger partial charge in [-0.05, 0) is 30.4 Å². The van der Waals surface area contributed by atoms with Gasteiger partial charge in [0.15, 0.2) is 6.61 Å². The molecule has 0 heterocycles. The van der Waals surface area contributed by atoms with Gasteiger partial charge >= 0.3 is 5.97 Å². The number of aliphatic carboxylic acids is 1. The van der Waals surface area contributed by atoms with Gasteiger partial charge in [0, 0.05) is 0 Å². The average Bonchev–Trinajstić information content (AvgIpc) is 2.35. The number of benzene rings is 1. The van der Waals surface area contributed by atoms with Gasteiger partial charge in [-0.3, -0.25) is 9.59 Å². The molecule has 0 aliphatic rings. The number of rotatable bonds is 5. The number of amides is 1. The van der Waals surface area contributed by atoms with Crippen LogP contribution in [0.1, 0.15) is 38.8 Å². The number of para-hydroxylation sites is 1. The minimum atomic E-state index is -1.07. The molecule has 1 aromatic carbocycles. The number of carbonyl (C=O) groups is 2. The topological polar surface area (TPSA) is 75.6 Å². The van der Waals surface area contributed by atoms with Crippen LogP contribution in [0.3, 0.4) is 0 Å². The van der Waals surface area contributed by atoms with Gasteiger partial charge in [0.1, 0.15) is 11.8 Å². The molecular weight excluding hydrogens is 270 g/mol. The first-order valence-electron chi connectivity index (χ1n) is 6.88. The van der Waals surface area contributed by atoms with Gasteiger partial charge in [0.25, 0.3) is 5.91 Å². The van der Waals surface area contributed by atoms with Crippen molar-refractivity contribution in [3.05, 3.63) is 29.3 Å². The molecule has 0 fully saturated rings. The van der Waals surface area contributed by atoms with Gasteiger partial charge in [-0.2, -0.15) is 0 Å². The summed E-state index contributed by atoms with van der Waals surface area (Å²) in [5.41, 5.74) is 1.86. The molecule has 1 unspecified atom stereocenters. The molecule has 1 aromatic rings. The van der Waals surface area contributed by atoms with Crippen molar-refractivity contribution in [2.24, 2.45) is 0 Å². The molecule has 0 radical (unpaired) electrons. The normalized spacial score (nSPS) is 12.6. The quantitative estimate of drug-likeness (QED) is 0.873. The first-order chi connectivity index (χ1) is 9.62. The largest absolute Gasteiger partial charge is 0.483 e. The molecule has 1 amide bonds. The second-order valence-corrected chi connectivity index (χ2v) is 6.12. The Balaban J connectivity index is 2.80. The zero-order valence-electron chi connectivity index (χ0n) is 13.2. The number of nitrogens with one attached hydrogen (secondary N) is 1. The van der Waals surface area contributed by atoms with E-state index in [1.54, 1.807) is 0 Å². The van der Waals surface area contributed by atoms with E-state index >= 15 is 0 Å². The van der Waals surface area contributed by atoms with Crippen LogP contribution in [-0.2, 0) is 15.0 Å². The predicted octanol–water partition coefficient (Wildman–Crippen LogP) is 2.26. The third kappa shape index (κ3) is 4.77. The van der Waals surface area contributed by atoms with E-state index in [0.29, 0.717) is 5.75 Å². The number of ether oxygens (including phenoxy) is 1. The molecule has 0 saturated carbocycles. The van der Waals surface area contributed by atoms with Crippen LogP contribution in [0, 0.1) is 6.92 Å². The SMILES string of the molecule is Cc1cccc(C(C)(C)C)c1OCC(=O)NC(C)C(=O)O. The van der Waals surface area contributed by atoms with Crippen molar-refractivity contribution in [2.45, 2.75) is 46.1 Å². The van der Waals surface area contributed by atoms with E-state index < -0.39 is 17.9 Å². The summed E-state index contributed by atoms with van der Waals surface area (Å²) in [6.07, 6.45) is 0. The maximum atomic E-state index is 11.7. The smallest absolute Gasteiger partial charge is 0.325 e. The van der Waals surface area contributed by atoms with E-state index in [9.17, 15) is 9.59 Å². The minimum absolute atomic E-state index is 0.105. The molecule has 0 saturated heterocycles. The van der Waals surface area contributed by atoms with E-state index in [-0.39, 0.29) is 12.0 Å². The molecular formula is C16H23NO4. The monoisotopic (exact) mass is 293 g/mol. The molecule has 0 aliphatic carbocycles. The number of hydrogen-bond donors (Lipinski definition) is 2. The standard InChI is InChI=1S/C16H23NO4/c1-10-7-6-8-12(16(3,4)5)14(10)21-9-13(18)17-11(2)15(19)20/h6-8,11H,9H2,1-5H3,(H,17,18)(H,19,20). The first kappa shape index (κ1) is 17.0. The molecule has 0 aromatic heterocycles. The number of carbonyl (C=O) groups excluding carboxylic acids is 1. The summed E-state index contributed by atoms with van der Waals surface area (Å²) < 4.78 is 5.63. The van der Waals surface area contributed by atoms with Gasteiger partial charge in [-0.1, -0.05) is 39.0 Å². The molecule has 1 rings (SSSR count). The summed E-state index contributed by atoms with van der Waals surface area (Å²) in [6.45, 7) is 9.34. The van der Waals surface area contributed by atoms with Crippen LogP contribution >= 0.6 is 0 Å². The van der Waals surface area contributed by atoms with Crippen molar-refractivity contribution in [1.82, 2.24) is 5.32 Å². The van der Waals surface area contributed by atoms with Crippen LogP contribution in [0.2, 0.25) is 0 Å². The molecule has 2 N–H and O–H groups in total. The van der Waals surface area contributed by atoms with Gasteiger partial charge in [0.2, 0.25) is 0 Å². The van der Waals surface area contributed by atoms with Crippen LogP contribution in [0.4, 0.5) is 0 Å². The van der Waals surface area contributed by atoms with Gasteiger partial charge in [-0.15, -0.1) is 0 Å². The van der Waals surface area contributed by atoms with Crippen LogP contribution in [0.5, 0.6) is 5.75 Å². The van der Waals surface area contributed by atoms with E-state index in [2.05, 4.69) is 26.1 Å². The second-order valence-electron chi connectivity index (χ2n) is 6.12. The fourth-order valence-corrected chi connectivity index (χ4v) is 1.92. The van der Waals surface area contributed by atoms with Crippen LogP contribution in [-0.4, -0.2) is 29.6 Å². The van der Waals surface area contributed by atoms with Crippen LogP contribution in [0.25, 0.3) is 0 Å². The summed E-state index contributed by atoms with van der Waals surface area (Å²) >= 11 is 0. The zero-order chi connectivity index (χ0) is 16.2. The van der Waals surface area contributed by atoms with Crippen molar-refractivity contribution in [3.63, 3.8) is 0 Å². The Morgan fingerprint density at radius 2 is 1.95 bits per heavy atom. The molecule has 5 nitrogen and oxygen atoms in total. The van der Waals surface area contributed by atoms with Crippen molar-refractivity contribution < 1.29 is 19.4 Å². The molecule has 5 heteroatoms. The Bertz CT molecular complexity index is 532.